The van der Waals surface area contributed by atoms with Crippen LogP contribution in [0.2, 0.25) is 0 Å². The number of aromatic nitrogens is 1. The quantitative estimate of drug-likeness (QED) is 0.723. The Bertz CT molecular complexity index is 1000. The Labute approximate surface area is 153 Å². The smallest absolute Gasteiger partial charge is 0.408 e. The average Bonchev–Trinajstić information content (AvgIpc) is 3.10. The Morgan fingerprint density at radius 1 is 1.19 bits per heavy atom. The van der Waals surface area contributed by atoms with Gasteiger partial charge in [0.25, 0.3) is 5.91 Å². The molecule has 5 amide bonds. The number of piperidine rings is 1. The Hall–Kier alpha value is -3.30. The van der Waals surface area contributed by atoms with Crippen LogP contribution in [0.25, 0.3) is 11.1 Å². The van der Waals surface area contributed by atoms with E-state index in [0.29, 0.717) is 42.7 Å². The van der Waals surface area contributed by atoms with Crippen LogP contribution < -0.4 is 11.1 Å². The predicted molar refractivity (Wildman–Crippen MR) is 95.3 cm³/mol. The second kappa shape index (κ2) is 5.86. The molecule has 0 aliphatic carbocycles. The number of benzene rings is 1. The van der Waals surface area contributed by atoms with Crippen molar-refractivity contribution in [3.05, 3.63) is 28.7 Å². The number of rotatable bonds is 1. The molecular weight excluding hydrogens is 354 g/mol. The van der Waals surface area contributed by atoms with Crippen LogP contribution in [0.3, 0.4) is 0 Å². The summed E-state index contributed by atoms with van der Waals surface area (Å²) in [4.78, 5) is 55.1. The van der Waals surface area contributed by atoms with E-state index >= 15 is 0 Å². The highest BCUT2D eigenvalue weighted by atomic mass is 16.4. The van der Waals surface area contributed by atoms with E-state index in [0.717, 1.165) is 4.90 Å². The normalized spacial score (nSPS) is 19.4. The van der Waals surface area contributed by atoms with Gasteiger partial charge in [-0.15, -0.1) is 0 Å². The van der Waals surface area contributed by atoms with Crippen molar-refractivity contribution in [3.8, 4) is 0 Å². The van der Waals surface area contributed by atoms with Gasteiger partial charge in [0, 0.05) is 38.9 Å². The number of urea groups is 2. The van der Waals surface area contributed by atoms with Gasteiger partial charge in [-0.05, 0) is 25.0 Å². The van der Waals surface area contributed by atoms with Gasteiger partial charge in [0.05, 0.1) is 5.52 Å². The van der Waals surface area contributed by atoms with E-state index in [9.17, 15) is 19.2 Å². The summed E-state index contributed by atoms with van der Waals surface area (Å²) in [5, 5.41) is 2.77. The minimum Gasteiger partial charge on any atom is -0.408 e. The van der Waals surface area contributed by atoms with Crippen molar-refractivity contribution in [1.29, 1.82) is 0 Å². The third kappa shape index (κ3) is 2.56. The molecule has 10 heteroatoms. The number of aromatic amines is 1. The van der Waals surface area contributed by atoms with E-state index in [-0.39, 0.29) is 18.0 Å². The maximum Gasteiger partial charge on any atom is 0.417 e. The molecule has 0 radical (unpaired) electrons. The molecule has 2 fully saturated rings. The van der Waals surface area contributed by atoms with Crippen LogP contribution in [0.4, 0.5) is 15.3 Å². The number of nitrogens with zero attached hydrogens (tertiary/aromatic N) is 3. The van der Waals surface area contributed by atoms with E-state index in [4.69, 9.17) is 4.42 Å². The van der Waals surface area contributed by atoms with Gasteiger partial charge in [-0.1, -0.05) is 0 Å². The van der Waals surface area contributed by atoms with Gasteiger partial charge in [-0.3, -0.25) is 14.7 Å². The molecular formula is C17H19N5O5. The van der Waals surface area contributed by atoms with Gasteiger partial charge >= 0.3 is 17.8 Å². The summed E-state index contributed by atoms with van der Waals surface area (Å²) in [6.45, 7) is 0.703. The number of fused-ring (bicyclic) bond motifs is 1. The number of anilines is 1. The largest absolute Gasteiger partial charge is 0.417 e. The van der Waals surface area contributed by atoms with E-state index in [1.807, 2.05) is 0 Å². The zero-order chi connectivity index (χ0) is 19.3. The third-order valence-electron chi connectivity index (χ3n) is 5.47. The van der Waals surface area contributed by atoms with Gasteiger partial charge in [-0.25, -0.2) is 14.4 Å². The van der Waals surface area contributed by atoms with Gasteiger partial charge in [-0.2, -0.15) is 0 Å². The number of nitrogens with one attached hydrogen (secondary N) is 2. The van der Waals surface area contributed by atoms with Crippen LogP contribution in [0.15, 0.2) is 27.4 Å². The highest BCUT2D eigenvalue weighted by Crippen LogP contribution is 2.35. The van der Waals surface area contributed by atoms with Crippen LogP contribution in [0.5, 0.6) is 0 Å². The van der Waals surface area contributed by atoms with E-state index in [2.05, 4.69) is 10.3 Å². The van der Waals surface area contributed by atoms with Crippen molar-refractivity contribution in [1.82, 2.24) is 19.7 Å². The molecule has 0 bridgehead atoms. The zero-order valence-electron chi connectivity index (χ0n) is 14.9. The van der Waals surface area contributed by atoms with Gasteiger partial charge in [0.15, 0.2) is 5.58 Å². The van der Waals surface area contributed by atoms with E-state index in [1.54, 1.807) is 30.1 Å². The molecule has 142 valence electrons. The first-order valence-electron chi connectivity index (χ1n) is 8.56. The lowest BCUT2D eigenvalue weighted by Crippen LogP contribution is -2.56. The summed E-state index contributed by atoms with van der Waals surface area (Å²) in [5.74, 6) is -0.775. The summed E-state index contributed by atoms with van der Waals surface area (Å²) in [7, 11) is 3.10. The summed E-state index contributed by atoms with van der Waals surface area (Å²) in [6.07, 6.45) is 0.773. The summed E-state index contributed by atoms with van der Waals surface area (Å²) >= 11 is 0. The fourth-order valence-electron chi connectivity index (χ4n) is 3.81. The highest BCUT2D eigenvalue weighted by molar-refractivity contribution is 6.06. The molecule has 2 aliphatic heterocycles. The van der Waals surface area contributed by atoms with Crippen LogP contribution in [-0.2, 0) is 4.79 Å². The minimum atomic E-state index is -0.865. The van der Waals surface area contributed by atoms with Gasteiger partial charge in [0.1, 0.15) is 5.54 Å². The lowest BCUT2D eigenvalue weighted by molar-refractivity contribution is -0.134. The molecule has 1 aromatic heterocycles. The monoisotopic (exact) mass is 373 g/mol. The molecule has 1 spiro atoms. The highest BCUT2D eigenvalue weighted by Gasteiger charge is 2.55. The number of imide groups is 1. The van der Waals surface area contributed by atoms with Crippen molar-refractivity contribution in [2.75, 3.05) is 32.5 Å². The summed E-state index contributed by atoms with van der Waals surface area (Å²) in [5.41, 5.74) is 0.542. The predicted octanol–water partition coefficient (Wildman–Crippen LogP) is 1.01. The number of amides is 5. The van der Waals surface area contributed by atoms with Crippen molar-refractivity contribution >= 4 is 34.8 Å². The molecule has 0 atom stereocenters. The van der Waals surface area contributed by atoms with Crippen molar-refractivity contribution in [3.63, 3.8) is 0 Å². The Morgan fingerprint density at radius 3 is 2.52 bits per heavy atom. The minimum absolute atomic E-state index is 0.219. The first-order chi connectivity index (χ1) is 12.8. The lowest BCUT2D eigenvalue weighted by atomic mass is 9.86. The number of carbonyl (C=O) groups is 3. The number of H-pyrrole nitrogens is 1. The molecule has 0 saturated carbocycles. The molecule has 3 heterocycles. The fourth-order valence-corrected chi connectivity index (χ4v) is 3.81. The van der Waals surface area contributed by atoms with Crippen LogP contribution in [0, 0.1) is 0 Å². The second-order valence-electron chi connectivity index (χ2n) is 6.88. The zero-order valence-corrected chi connectivity index (χ0v) is 14.9. The Kier molecular flexibility index (Phi) is 3.72. The van der Waals surface area contributed by atoms with Crippen molar-refractivity contribution in [2.45, 2.75) is 18.4 Å². The van der Waals surface area contributed by atoms with E-state index in [1.165, 1.54) is 11.9 Å². The fraction of sp³-hybridized carbons (Fsp3) is 0.412. The lowest BCUT2D eigenvalue weighted by Gasteiger charge is -2.40. The standard InChI is InChI=1S/C17H19N5O5/c1-20-13(23)17(21(2)16(20)26)5-7-22(8-6-17)14(24)18-10-3-4-11-12(9-10)27-15(25)19-11/h3-4,9H,5-8H2,1-2H3,(H,18,24)(H,19,25). The van der Waals surface area contributed by atoms with Crippen LogP contribution in [-0.4, -0.2) is 70.4 Å². The average molecular weight is 373 g/mol. The second-order valence-corrected chi connectivity index (χ2v) is 6.88. The number of likely N-dealkylation sites (tertiary alicyclic amines) is 1. The molecule has 27 heavy (non-hydrogen) atoms. The molecule has 0 unspecified atom stereocenters. The van der Waals surface area contributed by atoms with Crippen LogP contribution >= 0.6 is 0 Å². The summed E-state index contributed by atoms with van der Waals surface area (Å²) < 4.78 is 4.99. The number of hydrogen-bond donors (Lipinski definition) is 2. The topological polar surface area (TPSA) is 119 Å². The van der Waals surface area contributed by atoms with Gasteiger partial charge in [0.2, 0.25) is 0 Å². The van der Waals surface area contributed by atoms with Gasteiger partial charge < -0.3 is 19.5 Å². The molecule has 2 aromatic rings. The number of carbonyl (C=O) groups excluding carboxylic acids is 3. The van der Waals surface area contributed by atoms with Crippen molar-refractivity contribution in [2.24, 2.45) is 0 Å². The van der Waals surface area contributed by atoms with Crippen LogP contribution in [0.1, 0.15) is 12.8 Å². The van der Waals surface area contributed by atoms with E-state index < -0.39 is 11.3 Å². The maximum atomic E-state index is 12.5. The SMILES string of the molecule is CN1C(=O)N(C)C2(CCN(C(=O)Nc3ccc4[nH]c(=O)oc4c3)CC2)C1=O. The number of hydrogen-bond acceptors (Lipinski definition) is 5. The number of oxazole rings is 1. The molecule has 4 rings (SSSR count). The first-order valence-corrected chi connectivity index (χ1v) is 8.56. The Balaban J connectivity index is 1.44. The first kappa shape index (κ1) is 17.1. The van der Waals surface area contributed by atoms with Crippen molar-refractivity contribution < 1.29 is 18.8 Å². The number of likely N-dealkylation sites (N-methyl/N-ethyl adjacent to an activating group) is 2. The molecule has 1 aromatic carbocycles. The molecule has 2 saturated heterocycles. The summed E-state index contributed by atoms with van der Waals surface area (Å²) in [6, 6.07) is 4.25. The molecule has 2 aliphatic rings. The Morgan fingerprint density at radius 2 is 1.89 bits per heavy atom. The maximum absolute atomic E-state index is 12.5. The molecule has 2 N–H and O–H groups in total. The molecule has 10 nitrogen and oxygen atoms in total. The third-order valence-corrected chi connectivity index (χ3v) is 5.47.